The van der Waals surface area contributed by atoms with Gasteiger partial charge in [-0.05, 0) is 10.8 Å². The first-order valence-electron chi connectivity index (χ1n) is 6.10. The van der Waals surface area contributed by atoms with E-state index in [1.165, 1.54) is 0 Å². The molecule has 3 heteroatoms. The fourth-order valence-electron chi connectivity index (χ4n) is 2.11. The molecule has 16 heavy (non-hydrogen) atoms. The normalized spacial score (nSPS) is 28.0. The number of hydrogen-bond donors (Lipinski definition) is 2. The lowest BCUT2D eigenvalue weighted by Gasteiger charge is -2.44. The van der Waals surface area contributed by atoms with Gasteiger partial charge < -0.3 is 10.5 Å². The minimum Gasteiger partial charge on any atom is -0.411 e. The van der Waals surface area contributed by atoms with Crippen molar-refractivity contribution in [3.8, 4) is 0 Å². The Morgan fingerprint density at radius 2 is 1.38 bits per heavy atom. The zero-order chi connectivity index (χ0) is 12.6. The van der Waals surface area contributed by atoms with E-state index in [1.54, 1.807) is 0 Å². The second-order valence-corrected chi connectivity index (χ2v) is 7.08. The quantitative estimate of drug-likeness (QED) is 0.492. The summed E-state index contributed by atoms with van der Waals surface area (Å²) >= 11 is 0. The third-order valence-electron chi connectivity index (χ3n) is 3.51. The molecule has 2 N–H and O–H groups in total. The Labute approximate surface area is 99.3 Å². The van der Waals surface area contributed by atoms with E-state index in [0.717, 1.165) is 18.6 Å². The fraction of sp³-hybridized carbons (Fsp3) is 0.923. The van der Waals surface area contributed by atoms with Crippen LogP contribution in [0.5, 0.6) is 0 Å². The van der Waals surface area contributed by atoms with Crippen LogP contribution < -0.4 is 5.32 Å². The van der Waals surface area contributed by atoms with E-state index in [2.05, 4.69) is 52.0 Å². The maximum atomic E-state index is 9.02. The van der Waals surface area contributed by atoms with Crippen LogP contribution in [0, 0.1) is 10.8 Å². The van der Waals surface area contributed by atoms with E-state index >= 15 is 0 Å². The molecule has 0 aromatic carbocycles. The average Bonchev–Trinajstić information content (AvgIpc) is 2.14. The smallest absolute Gasteiger partial charge is 0.0602 e. The Kier molecular flexibility index (Phi) is 3.68. The van der Waals surface area contributed by atoms with E-state index in [4.69, 9.17) is 5.21 Å². The van der Waals surface area contributed by atoms with Crippen LogP contribution in [0.15, 0.2) is 5.16 Å². The summed E-state index contributed by atoms with van der Waals surface area (Å²) < 4.78 is 0. The first-order chi connectivity index (χ1) is 7.14. The van der Waals surface area contributed by atoms with Crippen molar-refractivity contribution in [3.63, 3.8) is 0 Å². The number of hydrogen-bond acceptors (Lipinski definition) is 3. The summed E-state index contributed by atoms with van der Waals surface area (Å²) in [5.41, 5.74) is 1.32. The first-order valence-corrected chi connectivity index (χ1v) is 6.10. The molecular formula is C13H26N2O. The molecule has 0 bridgehead atoms. The standard InChI is InChI=1S/C13H26N2O/c1-12(2,3)10-7-9(15-16)8-11(14-10)13(4,5)6/h10-11,14,16H,7-8H2,1-6H3. The molecule has 0 aliphatic carbocycles. The Morgan fingerprint density at radius 1 is 1.00 bits per heavy atom. The summed E-state index contributed by atoms with van der Waals surface area (Å²) in [5.74, 6) is 0. The van der Waals surface area contributed by atoms with Gasteiger partial charge in [-0.3, -0.25) is 0 Å². The molecule has 94 valence electrons. The monoisotopic (exact) mass is 226 g/mol. The summed E-state index contributed by atoms with van der Waals surface area (Å²) in [6.07, 6.45) is 1.71. The van der Waals surface area contributed by atoms with Crippen molar-refractivity contribution in [2.75, 3.05) is 0 Å². The van der Waals surface area contributed by atoms with Gasteiger partial charge in [-0.15, -0.1) is 0 Å². The lowest BCUT2D eigenvalue weighted by atomic mass is 9.74. The zero-order valence-corrected chi connectivity index (χ0v) is 11.5. The highest BCUT2D eigenvalue weighted by molar-refractivity contribution is 5.86. The van der Waals surface area contributed by atoms with Gasteiger partial charge in [-0.25, -0.2) is 0 Å². The van der Waals surface area contributed by atoms with Crippen molar-refractivity contribution >= 4 is 5.71 Å². The van der Waals surface area contributed by atoms with Crippen LogP contribution in [0.1, 0.15) is 54.4 Å². The van der Waals surface area contributed by atoms with Gasteiger partial charge in [-0.2, -0.15) is 0 Å². The highest BCUT2D eigenvalue weighted by Gasteiger charge is 2.37. The maximum Gasteiger partial charge on any atom is 0.0602 e. The van der Waals surface area contributed by atoms with Crippen LogP contribution in [0.3, 0.4) is 0 Å². The molecule has 0 aromatic rings. The molecule has 0 aromatic heterocycles. The second-order valence-electron chi connectivity index (χ2n) is 7.08. The molecule has 1 fully saturated rings. The number of rotatable bonds is 0. The summed E-state index contributed by atoms with van der Waals surface area (Å²) in [5, 5.41) is 16.2. The Hall–Kier alpha value is -0.570. The molecular weight excluding hydrogens is 200 g/mol. The van der Waals surface area contributed by atoms with Gasteiger partial charge in [0, 0.05) is 24.9 Å². The number of nitrogens with zero attached hydrogens (tertiary/aromatic N) is 1. The highest BCUT2D eigenvalue weighted by Crippen LogP contribution is 2.32. The Morgan fingerprint density at radius 3 is 1.62 bits per heavy atom. The molecule has 0 amide bonds. The molecule has 1 rings (SSSR count). The molecule has 3 nitrogen and oxygen atoms in total. The van der Waals surface area contributed by atoms with E-state index in [-0.39, 0.29) is 10.8 Å². The van der Waals surface area contributed by atoms with Crippen LogP contribution in [-0.2, 0) is 0 Å². The molecule has 0 saturated carbocycles. The summed E-state index contributed by atoms with van der Waals surface area (Å²) in [7, 11) is 0. The van der Waals surface area contributed by atoms with Crippen LogP contribution in [0.4, 0.5) is 0 Å². The zero-order valence-electron chi connectivity index (χ0n) is 11.5. The van der Waals surface area contributed by atoms with Gasteiger partial charge in [0.2, 0.25) is 0 Å². The Balaban J connectivity index is 2.86. The van der Waals surface area contributed by atoms with E-state index in [1.807, 2.05) is 0 Å². The van der Waals surface area contributed by atoms with Crippen molar-refractivity contribution in [1.29, 1.82) is 0 Å². The van der Waals surface area contributed by atoms with Gasteiger partial charge >= 0.3 is 0 Å². The van der Waals surface area contributed by atoms with E-state index in [9.17, 15) is 0 Å². The van der Waals surface area contributed by atoms with Gasteiger partial charge in [0.25, 0.3) is 0 Å². The molecule has 0 spiro atoms. The molecule has 2 unspecified atom stereocenters. The lowest BCUT2D eigenvalue weighted by Crippen LogP contribution is -2.56. The second kappa shape index (κ2) is 4.36. The van der Waals surface area contributed by atoms with E-state index in [0.29, 0.717) is 12.1 Å². The summed E-state index contributed by atoms with van der Waals surface area (Å²) in [4.78, 5) is 0. The predicted molar refractivity (Wildman–Crippen MR) is 68.1 cm³/mol. The summed E-state index contributed by atoms with van der Waals surface area (Å²) in [6.45, 7) is 13.4. The average molecular weight is 226 g/mol. The van der Waals surface area contributed by atoms with Crippen LogP contribution in [0.2, 0.25) is 0 Å². The van der Waals surface area contributed by atoms with Gasteiger partial charge in [0.1, 0.15) is 0 Å². The lowest BCUT2D eigenvalue weighted by molar-refractivity contribution is 0.171. The number of nitrogens with one attached hydrogen (secondary N) is 1. The third-order valence-corrected chi connectivity index (χ3v) is 3.51. The maximum absolute atomic E-state index is 9.02. The molecule has 1 aliphatic heterocycles. The van der Waals surface area contributed by atoms with Gasteiger partial charge in [0.05, 0.1) is 5.71 Å². The van der Waals surface area contributed by atoms with Crippen molar-refractivity contribution < 1.29 is 5.21 Å². The predicted octanol–water partition coefficient (Wildman–Crippen LogP) is 3.03. The molecule has 2 atom stereocenters. The molecule has 0 radical (unpaired) electrons. The van der Waals surface area contributed by atoms with Crippen molar-refractivity contribution in [1.82, 2.24) is 5.32 Å². The van der Waals surface area contributed by atoms with Gasteiger partial charge in [0.15, 0.2) is 0 Å². The third kappa shape index (κ3) is 3.21. The number of oxime groups is 1. The molecule has 1 saturated heterocycles. The highest BCUT2D eigenvalue weighted by atomic mass is 16.4. The van der Waals surface area contributed by atoms with Crippen LogP contribution in [-0.4, -0.2) is 23.0 Å². The van der Waals surface area contributed by atoms with Crippen molar-refractivity contribution in [2.24, 2.45) is 16.0 Å². The number of piperidine rings is 1. The fourth-order valence-corrected chi connectivity index (χ4v) is 2.11. The van der Waals surface area contributed by atoms with Crippen molar-refractivity contribution in [3.05, 3.63) is 0 Å². The summed E-state index contributed by atoms with van der Waals surface area (Å²) in [6, 6.07) is 0.771. The van der Waals surface area contributed by atoms with Gasteiger partial charge in [-0.1, -0.05) is 46.7 Å². The van der Waals surface area contributed by atoms with Crippen LogP contribution in [0.25, 0.3) is 0 Å². The minimum absolute atomic E-state index is 0.194. The molecule has 1 heterocycles. The van der Waals surface area contributed by atoms with Crippen molar-refractivity contribution in [2.45, 2.75) is 66.5 Å². The van der Waals surface area contributed by atoms with E-state index < -0.39 is 0 Å². The first kappa shape index (κ1) is 13.5. The largest absolute Gasteiger partial charge is 0.411 e. The Bertz CT molecular complexity index is 247. The minimum atomic E-state index is 0.194. The topological polar surface area (TPSA) is 44.6 Å². The van der Waals surface area contributed by atoms with Crippen LogP contribution >= 0.6 is 0 Å². The molecule has 1 aliphatic rings. The SMILES string of the molecule is CC(C)(C)C1CC(=NO)CC(C(C)(C)C)N1.